The van der Waals surface area contributed by atoms with Crippen LogP contribution in [-0.4, -0.2) is 55.1 Å². The number of piperidine rings is 1. The number of carbonyl (C=O) groups excluding carboxylic acids is 2. The van der Waals surface area contributed by atoms with Crippen molar-refractivity contribution < 1.29 is 18.0 Å². The van der Waals surface area contributed by atoms with E-state index in [4.69, 9.17) is 0 Å². The summed E-state index contributed by atoms with van der Waals surface area (Å²) < 4.78 is 25.5. The van der Waals surface area contributed by atoms with Gasteiger partial charge >= 0.3 is 6.03 Å². The van der Waals surface area contributed by atoms with Crippen LogP contribution in [-0.2, 0) is 21.4 Å². The second-order valence-corrected chi connectivity index (χ2v) is 10.4. The highest BCUT2D eigenvalue weighted by Gasteiger charge is 2.43. The zero-order valence-corrected chi connectivity index (χ0v) is 18.3. The lowest BCUT2D eigenvalue weighted by molar-refractivity contribution is -0.128. The van der Waals surface area contributed by atoms with Crippen molar-refractivity contribution in [2.24, 2.45) is 0 Å². The quantitative estimate of drug-likeness (QED) is 0.605. The van der Waals surface area contributed by atoms with E-state index < -0.39 is 15.6 Å². The van der Waals surface area contributed by atoms with Gasteiger partial charge in [-0.05, 0) is 38.2 Å². The molecule has 0 spiro atoms. The summed E-state index contributed by atoms with van der Waals surface area (Å²) in [4.78, 5) is 25.6. The van der Waals surface area contributed by atoms with E-state index in [1.807, 2.05) is 30.3 Å². The average molecular weight is 437 g/mol. The first-order chi connectivity index (χ1) is 14.3. The van der Waals surface area contributed by atoms with E-state index in [1.165, 1.54) is 4.31 Å². The van der Waals surface area contributed by atoms with E-state index in [0.717, 1.165) is 18.4 Å². The van der Waals surface area contributed by atoms with Crippen LogP contribution in [0.5, 0.6) is 0 Å². The van der Waals surface area contributed by atoms with Crippen LogP contribution in [0.1, 0.15) is 51.0 Å². The first-order valence-corrected chi connectivity index (χ1v) is 12.3. The Kier molecular flexibility index (Phi) is 7.36. The van der Waals surface area contributed by atoms with Crippen molar-refractivity contribution >= 4 is 22.0 Å². The molecule has 1 saturated heterocycles. The van der Waals surface area contributed by atoms with E-state index in [9.17, 15) is 18.0 Å². The van der Waals surface area contributed by atoms with Gasteiger partial charge in [0.05, 0.1) is 5.75 Å². The highest BCUT2D eigenvalue weighted by molar-refractivity contribution is 7.89. The highest BCUT2D eigenvalue weighted by Crippen LogP contribution is 2.30. The second-order valence-electron chi connectivity index (χ2n) is 8.13. The monoisotopic (exact) mass is 436 g/mol. The molecule has 3 N–H and O–H groups in total. The van der Waals surface area contributed by atoms with Crippen molar-refractivity contribution in [2.75, 3.05) is 18.8 Å². The number of urea groups is 1. The Morgan fingerprint density at radius 3 is 2.33 bits per heavy atom. The van der Waals surface area contributed by atoms with Crippen molar-refractivity contribution in [3.8, 4) is 0 Å². The first kappa shape index (κ1) is 22.6. The molecule has 1 aliphatic carbocycles. The standard InChI is InChI=1S/C21H32N4O4S/c1-2-30(28,29)25-14-10-18(11-15-25)23-19(26)21(12-6-7-13-21)24-20(27)22-16-17-8-4-3-5-9-17/h3-5,8-9,18H,2,6-7,10-16H2,1H3,(H,23,26)(H2,22,24,27). The van der Waals surface area contributed by atoms with E-state index in [2.05, 4.69) is 16.0 Å². The Morgan fingerprint density at radius 1 is 1.10 bits per heavy atom. The topological polar surface area (TPSA) is 108 Å². The van der Waals surface area contributed by atoms with Gasteiger partial charge in [-0.2, -0.15) is 0 Å². The third kappa shape index (κ3) is 5.51. The Balaban J connectivity index is 1.53. The molecule has 166 valence electrons. The molecule has 1 aromatic carbocycles. The third-order valence-corrected chi connectivity index (χ3v) is 7.97. The summed E-state index contributed by atoms with van der Waals surface area (Å²) in [6.45, 7) is 2.87. The summed E-state index contributed by atoms with van der Waals surface area (Å²) in [5, 5.41) is 8.83. The van der Waals surface area contributed by atoms with E-state index in [0.29, 0.717) is 45.3 Å². The van der Waals surface area contributed by atoms with E-state index >= 15 is 0 Å². The fraction of sp³-hybridized carbons (Fsp3) is 0.619. The van der Waals surface area contributed by atoms with Crippen LogP contribution < -0.4 is 16.0 Å². The van der Waals surface area contributed by atoms with Gasteiger partial charge in [-0.25, -0.2) is 17.5 Å². The fourth-order valence-electron chi connectivity index (χ4n) is 4.21. The Hall–Kier alpha value is -2.13. The Bertz CT molecular complexity index is 830. The third-order valence-electron chi connectivity index (χ3n) is 6.09. The Labute approximate surface area is 178 Å². The number of nitrogens with one attached hydrogen (secondary N) is 3. The normalized spacial score (nSPS) is 19.9. The molecule has 0 atom stereocenters. The molecule has 3 amide bonds. The highest BCUT2D eigenvalue weighted by atomic mass is 32.2. The summed E-state index contributed by atoms with van der Waals surface area (Å²) in [7, 11) is -3.19. The predicted octanol–water partition coefficient (Wildman–Crippen LogP) is 1.73. The molecule has 8 nitrogen and oxygen atoms in total. The van der Waals surface area contributed by atoms with Gasteiger partial charge in [-0.3, -0.25) is 4.79 Å². The minimum absolute atomic E-state index is 0.0764. The number of amides is 3. The van der Waals surface area contributed by atoms with Gasteiger partial charge in [0.1, 0.15) is 5.54 Å². The molecule has 0 radical (unpaired) electrons. The number of nitrogens with zero attached hydrogens (tertiary/aromatic N) is 1. The molecule has 30 heavy (non-hydrogen) atoms. The molecule has 1 aromatic rings. The first-order valence-electron chi connectivity index (χ1n) is 10.7. The van der Waals surface area contributed by atoms with Gasteiger partial charge in [0.2, 0.25) is 15.9 Å². The molecule has 1 aliphatic heterocycles. The second kappa shape index (κ2) is 9.78. The van der Waals surface area contributed by atoms with Gasteiger partial charge in [0, 0.05) is 25.7 Å². The van der Waals surface area contributed by atoms with Crippen LogP contribution in [0.3, 0.4) is 0 Å². The smallest absolute Gasteiger partial charge is 0.315 e. The molecule has 0 bridgehead atoms. The van der Waals surface area contributed by atoms with Crippen molar-refractivity contribution in [2.45, 2.75) is 63.6 Å². The van der Waals surface area contributed by atoms with E-state index in [1.54, 1.807) is 6.92 Å². The summed E-state index contributed by atoms with van der Waals surface area (Å²) in [6, 6.07) is 9.19. The molecular weight excluding hydrogens is 404 g/mol. The summed E-state index contributed by atoms with van der Waals surface area (Å²) in [6.07, 6.45) is 4.17. The van der Waals surface area contributed by atoms with Crippen molar-refractivity contribution in [3.63, 3.8) is 0 Å². The predicted molar refractivity (Wildman–Crippen MR) is 115 cm³/mol. The zero-order valence-electron chi connectivity index (χ0n) is 17.5. The maximum absolute atomic E-state index is 13.1. The van der Waals surface area contributed by atoms with Gasteiger partial charge in [0.15, 0.2) is 0 Å². The molecule has 1 saturated carbocycles. The largest absolute Gasteiger partial charge is 0.351 e. The molecular formula is C21H32N4O4S. The molecule has 0 aromatic heterocycles. The number of rotatable bonds is 7. The zero-order chi connectivity index (χ0) is 21.6. The number of hydrogen-bond acceptors (Lipinski definition) is 4. The summed E-state index contributed by atoms with van der Waals surface area (Å²) in [5.74, 6) is -0.0681. The molecule has 9 heteroatoms. The van der Waals surface area contributed by atoms with Gasteiger partial charge in [-0.1, -0.05) is 43.2 Å². The van der Waals surface area contributed by atoms with Crippen LogP contribution in [0.25, 0.3) is 0 Å². The van der Waals surface area contributed by atoms with Gasteiger partial charge in [-0.15, -0.1) is 0 Å². The SMILES string of the molecule is CCS(=O)(=O)N1CCC(NC(=O)C2(NC(=O)NCc3ccccc3)CCCC2)CC1. The number of benzene rings is 1. The minimum Gasteiger partial charge on any atom is -0.351 e. The maximum atomic E-state index is 13.1. The Morgan fingerprint density at radius 2 is 1.73 bits per heavy atom. The summed E-state index contributed by atoms with van der Waals surface area (Å²) >= 11 is 0. The van der Waals surface area contributed by atoms with Crippen molar-refractivity contribution in [1.29, 1.82) is 0 Å². The maximum Gasteiger partial charge on any atom is 0.315 e. The van der Waals surface area contributed by atoms with Gasteiger partial charge < -0.3 is 16.0 Å². The van der Waals surface area contributed by atoms with Crippen LogP contribution >= 0.6 is 0 Å². The molecule has 2 fully saturated rings. The van der Waals surface area contributed by atoms with Crippen molar-refractivity contribution in [3.05, 3.63) is 35.9 Å². The molecule has 3 rings (SSSR count). The lowest BCUT2D eigenvalue weighted by Gasteiger charge is -2.35. The van der Waals surface area contributed by atoms with Gasteiger partial charge in [0.25, 0.3) is 0 Å². The fourth-order valence-corrected chi connectivity index (χ4v) is 5.34. The molecule has 0 unspecified atom stereocenters. The van der Waals surface area contributed by atoms with E-state index in [-0.39, 0.29) is 23.7 Å². The lowest BCUT2D eigenvalue weighted by Crippen LogP contribution is -2.61. The van der Waals surface area contributed by atoms with Crippen LogP contribution in [0.2, 0.25) is 0 Å². The number of sulfonamides is 1. The number of hydrogen-bond donors (Lipinski definition) is 3. The molecule has 2 aliphatic rings. The van der Waals surface area contributed by atoms with Crippen LogP contribution in [0.15, 0.2) is 30.3 Å². The van der Waals surface area contributed by atoms with Crippen molar-refractivity contribution in [1.82, 2.24) is 20.3 Å². The summed E-state index contributed by atoms with van der Waals surface area (Å²) in [5.41, 5.74) is 0.0966. The molecule has 1 heterocycles. The van der Waals surface area contributed by atoms with Crippen LogP contribution in [0, 0.1) is 0 Å². The number of carbonyl (C=O) groups is 2. The average Bonchev–Trinajstić information content (AvgIpc) is 3.23. The van der Waals surface area contributed by atoms with Crippen LogP contribution in [0.4, 0.5) is 4.79 Å². The minimum atomic E-state index is -3.19. The lowest BCUT2D eigenvalue weighted by atomic mass is 9.95.